The second kappa shape index (κ2) is 11.3. The first-order valence-corrected chi connectivity index (χ1v) is 12.5. The Labute approximate surface area is 218 Å². The number of carbonyl (C=O) groups is 1. The van der Waals surface area contributed by atoms with Crippen LogP contribution in [0.2, 0.25) is 0 Å². The fourth-order valence-corrected chi connectivity index (χ4v) is 4.86. The Morgan fingerprint density at radius 3 is 2.68 bits per heavy atom. The zero-order valence-corrected chi connectivity index (χ0v) is 21.0. The summed E-state index contributed by atoms with van der Waals surface area (Å²) in [7, 11) is 0. The molecule has 3 aromatic carbocycles. The van der Waals surface area contributed by atoms with E-state index in [-0.39, 0.29) is 13.2 Å². The Kier molecular flexibility index (Phi) is 7.51. The third-order valence-corrected chi connectivity index (χ3v) is 6.52. The number of rotatable bonds is 10. The predicted octanol–water partition coefficient (Wildman–Crippen LogP) is 6.33. The summed E-state index contributed by atoms with van der Waals surface area (Å²) in [5.74, 6) is 0.373. The van der Waals surface area contributed by atoms with Crippen LogP contribution >= 0.6 is 0 Å². The number of hydrogen-bond acceptors (Lipinski definition) is 5. The van der Waals surface area contributed by atoms with Crippen LogP contribution in [0, 0.1) is 0 Å². The number of aliphatic hydroxyl groups is 1. The van der Waals surface area contributed by atoms with E-state index in [4.69, 9.17) is 9.47 Å². The summed E-state index contributed by atoms with van der Waals surface area (Å²) in [6.07, 6.45) is 2.86. The van der Waals surface area contributed by atoms with Gasteiger partial charge in [-0.1, -0.05) is 54.6 Å². The number of hydrogen-bond donors (Lipinski definition) is 3. The lowest BCUT2D eigenvalue weighted by atomic mass is 9.98. The van der Waals surface area contributed by atoms with E-state index in [9.17, 15) is 14.3 Å². The van der Waals surface area contributed by atoms with E-state index in [0.717, 1.165) is 27.5 Å². The van der Waals surface area contributed by atoms with Crippen molar-refractivity contribution in [3.63, 3.8) is 0 Å². The normalized spacial score (nSPS) is 11.6. The van der Waals surface area contributed by atoms with E-state index in [1.807, 2.05) is 60.7 Å². The number of benzene rings is 3. The second-order valence-corrected chi connectivity index (χ2v) is 8.77. The van der Waals surface area contributed by atoms with Gasteiger partial charge in [0.15, 0.2) is 0 Å². The van der Waals surface area contributed by atoms with Gasteiger partial charge >= 0.3 is 5.97 Å². The summed E-state index contributed by atoms with van der Waals surface area (Å²) < 4.78 is 24.5. The number of carbonyl (C=O) groups excluding carboxylic acids is 1. The quantitative estimate of drug-likeness (QED) is 0.150. The lowest BCUT2D eigenvalue weighted by molar-refractivity contribution is 0.0519. The van der Waals surface area contributed by atoms with Crippen molar-refractivity contribution in [2.45, 2.75) is 26.4 Å². The van der Waals surface area contributed by atoms with Gasteiger partial charge in [-0.15, -0.1) is 0 Å². The first-order chi connectivity index (χ1) is 18.7. The van der Waals surface area contributed by atoms with Gasteiger partial charge in [-0.25, -0.2) is 9.18 Å². The van der Waals surface area contributed by atoms with Gasteiger partial charge in [0.05, 0.1) is 43.1 Å². The number of esters is 1. The maximum Gasteiger partial charge on any atom is 0.355 e. The Morgan fingerprint density at radius 1 is 1.08 bits per heavy atom. The smallest absolute Gasteiger partial charge is 0.355 e. The topological polar surface area (TPSA) is 100 Å². The van der Waals surface area contributed by atoms with Crippen molar-refractivity contribution < 1.29 is 23.8 Å². The summed E-state index contributed by atoms with van der Waals surface area (Å²) >= 11 is 0. The van der Waals surface area contributed by atoms with Crippen molar-refractivity contribution in [2.75, 3.05) is 13.2 Å². The van der Waals surface area contributed by atoms with Crippen LogP contribution in [0.3, 0.4) is 0 Å². The summed E-state index contributed by atoms with van der Waals surface area (Å²) in [6.45, 7) is 2.16. The second-order valence-electron chi connectivity index (χ2n) is 8.77. The maximum atomic E-state index is 13.1. The number of H-pyrrole nitrogens is 2. The van der Waals surface area contributed by atoms with E-state index in [1.165, 1.54) is 6.08 Å². The zero-order valence-electron chi connectivity index (χ0n) is 21.0. The third-order valence-electron chi connectivity index (χ3n) is 6.52. The number of aliphatic hydroxyl groups excluding tert-OH is 1. The van der Waals surface area contributed by atoms with E-state index in [0.29, 0.717) is 59.5 Å². The zero-order chi connectivity index (χ0) is 26.5. The minimum Gasteiger partial charge on any atom is -0.493 e. The molecule has 0 atom stereocenters. The van der Waals surface area contributed by atoms with E-state index < -0.39 is 5.97 Å². The summed E-state index contributed by atoms with van der Waals surface area (Å²) in [5.41, 5.74) is 3.93. The molecule has 0 bridgehead atoms. The summed E-state index contributed by atoms with van der Waals surface area (Å²) in [5, 5.41) is 19.8. The molecule has 0 fully saturated rings. The highest BCUT2D eigenvalue weighted by Crippen LogP contribution is 2.36. The number of halogens is 1. The molecule has 8 heteroatoms. The van der Waals surface area contributed by atoms with Crippen LogP contribution in [-0.4, -0.2) is 39.5 Å². The Bertz CT molecular complexity index is 1610. The molecule has 194 valence electrons. The minimum atomic E-state index is -0.446. The molecule has 0 aliphatic heterocycles. The minimum absolute atomic E-state index is 0.243. The average molecular weight is 514 g/mol. The predicted molar refractivity (Wildman–Crippen MR) is 146 cm³/mol. The highest BCUT2D eigenvalue weighted by Gasteiger charge is 2.23. The van der Waals surface area contributed by atoms with E-state index in [1.54, 1.807) is 6.92 Å². The highest BCUT2D eigenvalue weighted by atomic mass is 19.1. The first-order valence-electron chi connectivity index (χ1n) is 12.5. The van der Waals surface area contributed by atoms with Gasteiger partial charge in [-0.3, -0.25) is 5.10 Å². The molecule has 3 N–H and O–H groups in total. The van der Waals surface area contributed by atoms with Gasteiger partial charge in [0.2, 0.25) is 0 Å². The maximum absolute atomic E-state index is 13.1. The lowest BCUT2D eigenvalue weighted by Gasteiger charge is -2.10. The first kappa shape index (κ1) is 25.2. The molecule has 0 saturated carbocycles. The molecule has 0 unspecified atom stereocenters. The van der Waals surface area contributed by atoms with Crippen LogP contribution in [0.4, 0.5) is 4.39 Å². The van der Waals surface area contributed by atoms with E-state index in [2.05, 4.69) is 15.2 Å². The van der Waals surface area contributed by atoms with Gasteiger partial charge in [-0.2, -0.15) is 5.10 Å². The molecule has 0 spiro atoms. The number of aromatic amines is 2. The van der Waals surface area contributed by atoms with Crippen molar-refractivity contribution >= 4 is 33.7 Å². The molecule has 0 aliphatic carbocycles. The number of ether oxygens (including phenoxy) is 2. The van der Waals surface area contributed by atoms with Crippen LogP contribution in [0.15, 0.2) is 67.0 Å². The number of nitrogens with zero attached hydrogens (tertiary/aromatic N) is 1. The molecule has 0 radical (unpaired) electrons. The standard InChI is InChI=1S/C30H28FN3O4/c1-2-37-30(36)29-22(13-7-17-38-26-14-5-9-19-8-3-4-10-20(19)26)21-11-6-12-23(28(21)32-29)27-24(15-16-31)33-34-25(27)18-35/h3-6,8-12,14-16,32,35H,2,7,13,17-18H2,1H3,(H,33,34)/b16-15+. The van der Waals surface area contributed by atoms with Gasteiger partial charge in [0, 0.05) is 21.9 Å². The molecule has 2 heterocycles. The van der Waals surface area contributed by atoms with Crippen molar-refractivity contribution in [3.8, 4) is 16.9 Å². The SMILES string of the molecule is CCOC(=O)c1[nH]c2c(-c3c(/C=C/F)n[nH]c3CO)cccc2c1CCCOc1cccc2ccccc12. The molecule has 38 heavy (non-hydrogen) atoms. The highest BCUT2D eigenvalue weighted by molar-refractivity contribution is 6.04. The summed E-state index contributed by atoms with van der Waals surface area (Å²) in [6, 6.07) is 19.7. The molecule has 5 aromatic rings. The monoisotopic (exact) mass is 513 g/mol. The van der Waals surface area contributed by atoms with Gasteiger partial charge < -0.3 is 19.6 Å². The molecule has 0 amide bonds. The average Bonchev–Trinajstić information content (AvgIpc) is 3.52. The largest absolute Gasteiger partial charge is 0.493 e. The number of aromatic nitrogens is 3. The molecule has 7 nitrogen and oxygen atoms in total. The van der Waals surface area contributed by atoms with Crippen LogP contribution in [0.25, 0.3) is 38.9 Å². The van der Waals surface area contributed by atoms with Crippen LogP contribution in [-0.2, 0) is 17.8 Å². The van der Waals surface area contributed by atoms with Crippen molar-refractivity contribution in [3.05, 3.63) is 89.6 Å². The molecule has 2 aromatic heterocycles. The van der Waals surface area contributed by atoms with Crippen molar-refractivity contribution in [2.24, 2.45) is 0 Å². The van der Waals surface area contributed by atoms with Crippen LogP contribution in [0.1, 0.15) is 40.8 Å². The summed E-state index contributed by atoms with van der Waals surface area (Å²) in [4.78, 5) is 16.2. The Balaban J connectivity index is 1.48. The molecule has 0 aliphatic rings. The van der Waals surface area contributed by atoms with Gasteiger partial charge in [-0.05, 0) is 42.9 Å². The van der Waals surface area contributed by atoms with E-state index >= 15 is 0 Å². The number of aryl methyl sites for hydroxylation is 1. The number of fused-ring (bicyclic) bond motifs is 2. The molecular formula is C30H28FN3O4. The molecular weight excluding hydrogens is 485 g/mol. The lowest BCUT2D eigenvalue weighted by Crippen LogP contribution is -2.09. The Morgan fingerprint density at radius 2 is 1.87 bits per heavy atom. The molecule has 5 rings (SSSR count). The van der Waals surface area contributed by atoms with Crippen molar-refractivity contribution in [1.82, 2.24) is 15.2 Å². The Hall–Kier alpha value is -4.43. The van der Waals surface area contributed by atoms with Gasteiger partial charge in [0.25, 0.3) is 0 Å². The van der Waals surface area contributed by atoms with Crippen LogP contribution < -0.4 is 4.74 Å². The third kappa shape index (κ3) is 4.78. The molecule has 0 saturated heterocycles. The fraction of sp³-hybridized carbons (Fsp3) is 0.200. The number of nitrogens with one attached hydrogen (secondary N) is 2. The van der Waals surface area contributed by atoms with Crippen molar-refractivity contribution in [1.29, 1.82) is 0 Å². The van der Waals surface area contributed by atoms with Gasteiger partial charge in [0.1, 0.15) is 11.4 Å². The van der Waals surface area contributed by atoms with Crippen LogP contribution in [0.5, 0.6) is 5.75 Å². The fourth-order valence-electron chi connectivity index (χ4n) is 4.86. The number of para-hydroxylation sites is 1.